The summed E-state index contributed by atoms with van der Waals surface area (Å²) in [5, 5.41) is 3.02. The van der Waals surface area contributed by atoms with E-state index in [2.05, 4.69) is 50.4 Å². The molecule has 1 heterocycles. The number of hydrogen-bond donors (Lipinski definition) is 1. The molecule has 0 spiro atoms. The highest BCUT2D eigenvalue weighted by Gasteiger charge is 2.24. The standard InChI is InChI=1S/C25H34N2O3S/c1-19(21-12-14-23(15-13-21)25(2,3)4)26-24(28)22-10-8-20(9-11-22)18-31(29,30)27-16-6-5-7-17-27/h8-15,19H,5-7,16-18H2,1-4H3,(H,26,28)/t19-/m1/s1. The van der Waals surface area contributed by atoms with E-state index in [4.69, 9.17) is 0 Å². The lowest BCUT2D eigenvalue weighted by atomic mass is 9.86. The van der Waals surface area contributed by atoms with Crippen LogP contribution in [0.4, 0.5) is 0 Å². The number of hydrogen-bond acceptors (Lipinski definition) is 3. The quantitative estimate of drug-likeness (QED) is 0.699. The number of sulfonamides is 1. The minimum atomic E-state index is -3.31. The molecule has 6 heteroatoms. The predicted molar refractivity (Wildman–Crippen MR) is 126 cm³/mol. The third-order valence-electron chi connectivity index (χ3n) is 5.90. The molecule has 0 aromatic heterocycles. The lowest BCUT2D eigenvalue weighted by Gasteiger charge is -2.25. The highest BCUT2D eigenvalue weighted by atomic mass is 32.2. The number of benzene rings is 2. The molecule has 0 radical (unpaired) electrons. The Hall–Kier alpha value is -2.18. The van der Waals surface area contributed by atoms with Crippen LogP contribution in [-0.4, -0.2) is 31.7 Å². The molecule has 2 aromatic carbocycles. The van der Waals surface area contributed by atoms with E-state index >= 15 is 0 Å². The maximum absolute atomic E-state index is 12.7. The normalized spacial score (nSPS) is 16.6. The molecule has 1 atom stereocenters. The van der Waals surface area contributed by atoms with Gasteiger partial charge in [0.1, 0.15) is 0 Å². The Morgan fingerprint density at radius 1 is 0.968 bits per heavy atom. The molecule has 1 aliphatic rings. The fourth-order valence-electron chi connectivity index (χ4n) is 3.83. The molecule has 0 aliphatic carbocycles. The third-order valence-corrected chi connectivity index (χ3v) is 7.75. The van der Waals surface area contributed by atoms with Crippen molar-refractivity contribution in [1.29, 1.82) is 0 Å². The van der Waals surface area contributed by atoms with Crippen molar-refractivity contribution >= 4 is 15.9 Å². The van der Waals surface area contributed by atoms with Crippen LogP contribution in [0, 0.1) is 0 Å². The van der Waals surface area contributed by atoms with E-state index < -0.39 is 10.0 Å². The second-order valence-corrected chi connectivity index (χ2v) is 11.4. The molecule has 31 heavy (non-hydrogen) atoms. The van der Waals surface area contributed by atoms with Crippen LogP contribution in [0.25, 0.3) is 0 Å². The molecule has 1 aliphatic heterocycles. The van der Waals surface area contributed by atoms with Crippen LogP contribution in [0.5, 0.6) is 0 Å². The zero-order valence-electron chi connectivity index (χ0n) is 19.0. The lowest BCUT2D eigenvalue weighted by molar-refractivity contribution is 0.0940. The summed E-state index contributed by atoms with van der Waals surface area (Å²) in [6.07, 6.45) is 2.94. The smallest absolute Gasteiger partial charge is 0.251 e. The maximum Gasteiger partial charge on any atom is 0.251 e. The summed E-state index contributed by atoms with van der Waals surface area (Å²) in [7, 11) is -3.31. The Balaban J connectivity index is 1.61. The van der Waals surface area contributed by atoms with Gasteiger partial charge in [-0.2, -0.15) is 0 Å². The molecule has 2 aromatic rings. The van der Waals surface area contributed by atoms with Crippen molar-refractivity contribution in [2.24, 2.45) is 0 Å². The van der Waals surface area contributed by atoms with Crippen LogP contribution in [0.15, 0.2) is 48.5 Å². The van der Waals surface area contributed by atoms with E-state index in [-0.39, 0.29) is 23.1 Å². The molecule has 1 amide bonds. The van der Waals surface area contributed by atoms with Gasteiger partial charge in [0.25, 0.3) is 5.91 Å². The fraction of sp³-hybridized carbons (Fsp3) is 0.480. The van der Waals surface area contributed by atoms with Gasteiger partial charge in [-0.25, -0.2) is 12.7 Å². The van der Waals surface area contributed by atoms with Crippen LogP contribution in [0.3, 0.4) is 0 Å². The first-order valence-corrected chi connectivity index (χ1v) is 12.7. The highest BCUT2D eigenvalue weighted by Crippen LogP contribution is 2.24. The van der Waals surface area contributed by atoms with Crippen molar-refractivity contribution in [2.45, 2.75) is 64.2 Å². The minimum Gasteiger partial charge on any atom is -0.346 e. The second-order valence-electron chi connectivity index (χ2n) is 9.48. The van der Waals surface area contributed by atoms with Crippen molar-refractivity contribution in [3.05, 3.63) is 70.8 Å². The van der Waals surface area contributed by atoms with E-state index in [1.54, 1.807) is 28.6 Å². The van der Waals surface area contributed by atoms with Crippen molar-refractivity contribution < 1.29 is 13.2 Å². The van der Waals surface area contributed by atoms with Crippen molar-refractivity contribution in [3.8, 4) is 0 Å². The number of piperidine rings is 1. The number of nitrogens with one attached hydrogen (secondary N) is 1. The highest BCUT2D eigenvalue weighted by molar-refractivity contribution is 7.88. The van der Waals surface area contributed by atoms with E-state index in [1.165, 1.54) is 5.56 Å². The molecule has 1 fully saturated rings. The number of carbonyl (C=O) groups excluding carboxylic acids is 1. The molecule has 168 valence electrons. The van der Waals surface area contributed by atoms with Gasteiger partial charge in [-0.05, 0) is 54.0 Å². The average molecular weight is 443 g/mol. The Morgan fingerprint density at radius 3 is 2.10 bits per heavy atom. The van der Waals surface area contributed by atoms with Gasteiger partial charge in [0.15, 0.2) is 0 Å². The Bertz CT molecular complexity index is 985. The molecule has 5 nitrogen and oxygen atoms in total. The molecular formula is C25H34N2O3S. The van der Waals surface area contributed by atoms with Crippen LogP contribution in [0.2, 0.25) is 0 Å². The first-order chi connectivity index (χ1) is 14.6. The van der Waals surface area contributed by atoms with E-state index in [1.807, 2.05) is 6.92 Å². The van der Waals surface area contributed by atoms with Crippen LogP contribution >= 0.6 is 0 Å². The monoisotopic (exact) mass is 442 g/mol. The topological polar surface area (TPSA) is 66.5 Å². The largest absolute Gasteiger partial charge is 0.346 e. The van der Waals surface area contributed by atoms with E-state index in [9.17, 15) is 13.2 Å². The van der Waals surface area contributed by atoms with Crippen LogP contribution < -0.4 is 5.32 Å². The Morgan fingerprint density at radius 2 is 1.55 bits per heavy atom. The van der Waals surface area contributed by atoms with Gasteiger partial charge in [0.05, 0.1) is 11.8 Å². The van der Waals surface area contributed by atoms with Crippen molar-refractivity contribution in [2.75, 3.05) is 13.1 Å². The first-order valence-electron chi connectivity index (χ1n) is 11.0. The summed E-state index contributed by atoms with van der Waals surface area (Å²) in [6, 6.07) is 15.1. The van der Waals surface area contributed by atoms with E-state index in [0.29, 0.717) is 24.2 Å². The molecule has 3 rings (SSSR count). The van der Waals surface area contributed by atoms with Gasteiger partial charge < -0.3 is 5.32 Å². The minimum absolute atomic E-state index is 0.0224. The van der Waals surface area contributed by atoms with Crippen molar-refractivity contribution in [3.63, 3.8) is 0 Å². The Labute approximate surface area is 186 Å². The van der Waals surface area contributed by atoms with Crippen molar-refractivity contribution in [1.82, 2.24) is 9.62 Å². The summed E-state index contributed by atoms with van der Waals surface area (Å²) in [6.45, 7) is 9.70. The molecule has 0 unspecified atom stereocenters. The summed E-state index contributed by atoms with van der Waals surface area (Å²) >= 11 is 0. The maximum atomic E-state index is 12.7. The SMILES string of the molecule is C[C@@H](NC(=O)c1ccc(CS(=O)(=O)N2CCCCC2)cc1)c1ccc(C(C)(C)C)cc1. The average Bonchev–Trinajstić information content (AvgIpc) is 2.74. The van der Waals surface area contributed by atoms with Gasteiger partial charge in [-0.15, -0.1) is 0 Å². The first kappa shape index (κ1) is 23.5. The summed E-state index contributed by atoms with van der Waals surface area (Å²) in [5.74, 6) is -0.191. The number of nitrogens with zero attached hydrogens (tertiary/aromatic N) is 1. The molecule has 0 saturated carbocycles. The Kier molecular flexibility index (Phi) is 7.22. The van der Waals surface area contributed by atoms with Crippen LogP contribution in [0.1, 0.15) is 80.0 Å². The van der Waals surface area contributed by atoms with Gasteiger partial charge >= 0.3 is 0 Å². The molecular weight excluding hydrogens is 408 g/mol. The lowest BCUT2D eigenvalue weighted by Crippen LogP contribution is -2.36. The summed E-state index contributed by atoms with van der Waals surface area (Å²) in [5.41, 5.74) is 3.62. The van der Waals surface area contributed by atoms with E-state index in [0.717, 1.165) is 24.8 Å². The fourth-order valence-corrected chi connectivity index (χ4v) is 5.44. The zero-order valence-corrected chi connectivity index (χ0v) is 19.8. The molecule has 0 bridgehead atoms. The van der Waals surface area contributed by atoms with Gasteiger partial charge in [0, 0.05) is 18.7 Å². The summed E-state index contributed by atoms with van der Waals surface area (Å²) < 4.78 is 26.8. The van der Waals surface area contributed by atoms with Gasteiger partial charge in [-0.3, -0.25) is 4.79 Å². The number of rotatable bonds is 6. The summed E-state index contributed by atoms with van der Waals surface area (Å²) in [4.78, 5) is 12.7. The van der Waals surface area contributed by atoms with Gasteiger partial charge in [0.2, 0.25) is 10.0 Å². The van der Waals surface area contributed by atoms with Crippen LogP contribution in [-0.2, 0) is 21.2 Å². The second kappa shape index (κ2) is 9.53. The predicted octanol–water partition coefficient (Wildman–Crippen LogP) is 4.79. The zero-order chi connectivity index (χ0) is 22.6. The number of amides is 1. The number of carbonyl (C=O) groups is 1. The van der Waals surface area contributed by atoms with Gasteiger partial charge in [-0.1, -0.05) is 63.6 Å². The third kappa shape index (κ3) is 6.17. The molecule has 1 saturated heterocycles. The molecule has 1 N–H and O–H groups in total.